The van der Waals surface area contributed by atoms with E-state index >= 15 is 0 Å². The molecule has 4 nitrogen and oxygen atoms in total. The van der Waals surface area contributed by atoms with Crippen LogP contribution >= 0.6 is 0 Å². The van der Waals surface area contributed by atoms with Crippen molar-refractivity contribution in [1.82, 2.24) is 0 Å². The molecule has 56 valence electrons. The van der Waals surface area contributed by atoms with Crippen molar-refractivity contribution in [3.8, 4) is 0 Å². The van der Waals surface area contributed by atoms with Gasteiger partial charge in [0.25, 0.3) is 0 Å². The predicted molar refractivity (Wildman–Crippen MR) is 30.7 cm³/mol. The zero-order chi connectivity index (χ0) is 7.11. The summed E-state index contributed by atoms with van der Waals surface area (Å²) in [6.45, 7) is 1.35. The van der Waals surface area contributed by atoms with E-state index in [1.54, 1.807) is 6.92 Å². The van der Waals surface area contributed by atoms with Crippen LogP contribution in [0.1, 0.15) is 6.92 Å². The van der Waals surface area contributed by atoms with Gasteiger partial charge in [-0.3, -0.25) is 0 Å². The van der Waals surface area contributed by atoms with Crippen molar-refractivity contribution in [3.05, 3.63) is 0 Å². The summed E-state index contributed by atoms with van der Waals surface area (Å²) in [5.74, 6) is 0. The molecule has 0 amide bonds. The van der Waals surface area contributed by atoms with Gasteiger partial charge in [-0.05, 0) is 6.92 Å². The van der Waals surface area contributed by atoms with Crippen molar-refractivity contribution < 1.29 is 19.7 Å². The molecular formula is C5H12O4. The van der Waals surface area contributed by atoms with E-state index in [1.807, 2.05) is 0 Å². The largest absolute Gasteiger partial charge is 0.394 e. The molecule has 0 aliphatic heterocycles. The summed E-state index contributed by atoms with van der Waals surface area (Å²) in [5, 5.41) is 16.5. The van der Waals surface area contributed by atoms with E-state index in [0.717, 1.165) is 0 Å². The van der Waals surface area contributed by atoms with Gasteiger partial charge in [-0.25, -0.2) is 0 Å². The predicted octanol–water partition coefficient (Wildman–Crippen LogP) is -0.692. The molecule has 0 heterocycles. The van der Waals surface area contributed by atoms with E-state index in [4.69, 9.17) is 14.9 Å². The van der Waals surface area contributed by atoms with Crippen LogP contribution in [-0.4, -0.2) is 36.5 Å². The molecule has 0 fully saturated rings. The molecule has 4 heteroatoms. The maximum Gasteiger partial charge on any atom is 0.150 e. The standard InChI is InChI=1S/C5H12O4/c1-5(2-6)9-4-8-3-7/h5-7H,2-4H2,1H3. The zero-order valence-electron chi connectivity index (χ0n) is 5.41. The first-order valence-electron chi connectivity index (χ1n) is 2.72. The van der Waals surface area contributed by atoms with Gasteiger partial charge in [0.15, 0.2) is 0 Å². The molecule has 0 aliphatic rings. The number of hydrogen-bond acceptors (Lipinski definition) is 4. The topological polar surface area (TPSA) is 58.9 Å². The SMILES string of the molecule is CC(CO)OCOCO. The second-order valence-corrected chi connectivity index (χ2v) is 1.61. The van der Waals surface area contributed by atoms with Crippen LogP contribution in [0.5, 0.6) is 0 Å². The van der Waals surface area contributed by atoms with Crippen LogP contribution in [0.2, 0.25) is 0 Å². The second-order valence-electron chi connectivity index (χ2n) is 1.61. The van der Waals surface area contributed by atoms with Gasteiger partial charge < -0.3 is 19.7 Å². The van der Waals surface area contributed by atoms with Gasteiger partial charge in [-0.2, -0.15) is 0 Å². The highest BCUT2D eigenvalue weighted by molar-refractivity contribution is 4.40. The smallest absolute Gasteiger partial charge is 0.150 e. The minimum atomic E-state index is -0.349. The summed E-state index contributed by atoms with van der Waals surface area (Å²) in [6, 6.07) is 0. The molecule has 0 aromatic carbocycles. The van der Waals surface area contributed by atoms with E-state index in [0.29, 0.717) is 0 Å². The first-order chi connectivity index (χ1) is 4.31. The van der Waals surface area contributed by atoms with Crippen LogP contribution in [0.3, 0.4) is 0 Å². The molecule has 2 N–H and O–H groups in total. The van der Waals surface area contributed by atoms with Gasteiger partial charge in [0.05, 0.1) is 12.7 Å². The fourth-order valence-electron chi connectivity index (χ4n) is 0.254. The fraction of sp³-hybridized carbons (Fsp3) is 1.00. The molecule has 0 aromatic rings. The number of aliphatic hydroxyl groups is 2. The van der Waals surface area contributed by atoms with Crippen LogP contribution in [0.25, 0.3) is 0 Å². The van der Waals surface area contributed by atoms with Crippen LogP contribution in [0, 0.1) is 0 Å². The Labute approximate surface area is 54.0 Å². The molecule has 0 spiro atoms. The minimum absolute atomic E-state index is 0.0260. The molecule has 0 aliphatic carbocycles. The molecule has 1 atom stereocenters. The zero-order valence-corrected chi connectivity index (χ0v) is 5.41. The maximum atomic E-state index is 8.39. The van der Waals surface area contributed by atoms with E-state index in [1.165, 1.54) is 0 Å². The molecule has 1 unspecified atom stereocenters. The summed E-state index contributed by atoms with van der Waals surface area (Å²) in [5.41, 5.74) is 0. The van der Waals surface area contributed by atoms with E-state index in [9.17, 15) is 0 Å². The molecule has 0 bridgehead atoms. The summed E-state index contributed by atoms with van der Waals surface area (Å²) in [6.07, 6.45) is -0.225. The van der Waals surface area contributed by atoms with Crippen LogP contribution in [0.4, 0.5) is 0 Å². The Bertz CT molecular complexity index is 56.9. The minimum Gasteiger partial charge on any atom is -0.394 e. The first-order valence-corrected chi connectivity index (χ1v) is 2.72. The number of aliphatic hydroxyl groups excluding tert-OH is 2. The Morgan fingerprint density at radius 1 is 1.44 bits per heavy atom. The highest BCUT2D eigenvalue weighted by Crippen LogP contribution is 1.87. The van der Waals surface area contributed by atoms with Crippen molar-refractivity contribution in [1.29, 1.82) is 0 Å². The van der Waals surface area contributed by atoms with E-state index in [-0.39, 0.29) is 26.3 Å². The van der Waals surface area contributed by atoms with Gasteiger partial charge in [0.1, 0.15) is 13.6 Å². The summed E-state index contributed by atoms with van der Waals surface area (Å²) >= 11 is 0. The average molecular weight is 136 g/mol. The molecular weight excluding hydrogens is 124 g/mol. The molecule has 0 saturated heterocycles. The third-order valence-corrected chi connectivity index (χ3v) is 0.784. The first kappa shape index (κ1) is 8.84. The molecule has 0 radical (unpaired) electrons. The number of hydrogen-bond donors (Lipinski definition) is 2. The van der Waals surface area contributed by atoms with Crippen molar-refractivity contribution in [2.75, 3.05) is 20.2 Å². The highest BCUT2D eigenvalue weighted by atomic mass is 16.7. The lowest BCUT2D eigenvalue weighted by Crippen LogP contribution is -2.15. The Kier molecular flexibility index (Phi) is 5.86. The molecule has 0 aromatic heterocycles. The van der Waals surface area contributed by atoms with Crippen LogP contribution in [-0.2, 0) is 9.47 Å². The molecule has 9 heavy (non-hydrogen) atoms. The lowest BCUT2D eigenvalue weighted by atomic mass is 10.4. The summed E-state index contributed by atoms with van der Waals surface area (Å²) < 4.78 is 9.23. The average Bonchev–Trinajstić information content (AvgIpc) is 1.89. The monoisotopic (exact) mass is 136 g/mol. The van der Waals surface area contributed by atoms with Crippen molar-refractivity contribution in [2.24, 2.45) is 0 Å². The Morgan fingerprint density at radius 3 is 2.56 bits per heavy atom. The quantitative estimate of drug-likeness (QED) is 0.388. The third kappa shape index (κ3) is 5.72. The van der Waals surface area contributed by atoms with Gasteiger partial charge >= 0.3 is 0 Å². The van der Waals surface area contributed by atoms with Crippen molar-refractivity contribution in [3.63, 3.8) is 0 Å². The normalized spacial score (nSPS) is 13.7. The fourth-order valence-corrected chi connectivity index (χ4v) is 0.254. The lowest BCUT2D eigenvalue weighted by molar-refractivity contribution is -0.134. The number of ether oxygens (including phenoxy) is 2. The maximum absolute atomic E-state index is 8.39. The van der Waals surface area contributed by atoms with Crippen LogP contribution < -0.4 is 0 Å². The molecule has 0 saturated carbocycles. The van der Waals surface area contributed by atoms with Crippen LogP contribution in [0.15, 0.2) is 0 Å². The van der Waals surface area contributed by atoms with Crippen molar-refractivity contribution in [2.45, 2.75) is 13.0 Å². The lowest BCUT2D eigenvalue weighted by Gasteiger charge is -2.07. The Hall–Kier alpha value is -0.160. The van der Waals surface area contributed by atoms with Gasteiger partial charge in [-0.1, -0.05) is 0 Å². The van der Waals surface area contributed by atoms with Crippen molar-refractivity contribution >= 4 is 0 Å². The van der Waals surface area contributed by atoms with E-state index < -0.39 is 0 Å². The van der Waals surface area contributed by atoms with Gasteiger partial charge in [-0.15, -0.1) is 0 Å². The Balaban J connectivity index is 2.88. The van der Waals surface area contributed by atoms with E-state index in [2.05, 4.69) is 4.74 Å². The molecule has 0 rings (SSSR count). The summed E-state index contributed by atoms with van der Waals surface area (Å²) in [4.78, 5) is 0. The summed E-state index contributed by atoms with van der Waals surface area (Å²) in [7, 11) is 0. The van der Waals surface area contributed by atoms with Gasteiger partial charge in [0, 0.05) is 0 Å². The Morgan fingerprint density at radius 2 is 2.11 bits per heavy atom. The number of rotatable bonds is 5. The third-order valence-electron chi connectivity index (χ3n) is 0.784. The second kappa shape index (κ2) is 5.97. The van der Waals surface area contributed by atoms with Gasteiger partial charge in [0.2, 0.25) is 0 Å². The highest BCUT2D eigenvalue weighted by Gasteiger charge is 1.96.